The molecule has 4 rings (SSSR count). The number of nitrogens with zero attached hydrogens (tertiary/aromatic N) is 4. The van der Waals surface area contributed by atoms with Crippen LogP contribution in [0.2, 0.25) is 0 Å². The van der Waals surface area contributed by atoms with Gasteiger partial charge in [-0.2, -0.15) is 5.10 Å². The SMILES string of the molecule is CN1CCCN(c2ccc(CNC(=O)c3n[nH]c4ccccc34)cn2)CC1. The summed E-state index contributed by atoms with van der Waals surface area (Å²) in [6.45, 7) is 4.63. The summed E-state index contributed by atoms with van der Waals surface area (Å²) in [5.41, 5.74) is 2.25. The highest BCUT2D eigenvalue weighted by Crippen LogP contribution is 2.16. The molecule has 0 bridgehead atoms. The monoisotopic (exact) mass is 364 g/mol. The summed E-state index contributed by atoms with van der Waals surface area (Å²) in [4.78, 5) is 21.7. The quantitative estimate of drug-likeness (QED) is 0.741. The van der Waals surface area contributed by atoms with Crippen LogP contribution in [0.4, 0.5) is 5.82 Å². The maximum Gasteiger partial charge on any atom is 0.272 e. The number of para-hydroxylation sites is 1. The van der Waals surface area contributed by atoms with Gasteiger partial charge in [0, 0.05) is 37.8 Å². The fraction of sp³-hybridized carbons (Fsp3) is 0.350. The van der Waals surface area contributed by atoms with Gasteiger partial charge in [0.15, 0.2) is 5.69 Å². The van der Waals surface area contributed by atoms with Crippen molar-refractivity contribution in [2.45, 2.75) is 13.0 Å². The number of rotatable bonds is 4. The second kappa shape index (κ2) is 7.75. The zero-order valence-electron chi connectivity index (χ0n) is 15.5. The van der Waals surface area contributed by atoms with Crippen LogP contribution in [0, 0.1) is 0 Å². The molecule has 1 amide bonds. The van der Waals surface area contributed by atoms with Gasteiger partial charge in [0.1, 0.15) is 5.82 Å². The minimum Gasteiger partial charge on any atom is -0.355 e. The zero-order chi connectivity index (χ0) is 18.6. The highest BCUT2D eigenvalue weighted by molar-refractivity contribution is 6.04. The van der Waals surface area contributed by atoms with E-state index in [9.17, 15) is 4.79 Å². The van der Waals surface area contributed by atoms with Gasteiger partial charge in [-0.3, -0.25) is 9.89 Å². The van der Waals surface area contributed by atoms with E-state index >= 15 is 0 Å². The van der Waals surface area contributed by atoms with E-state index < -0.39 is 0 Å². The van der Waals surface area contributed by atoms with Gasteiger partial charge in [-0.05, 0) is 37.7 Å². The lowest BCUT2D eigenvalue weighted by atomic mass is 10.2. The Balaban J connectivity index is 1.38. The van der Waals surface area contributed by atoms with Crippen LogP contribution in [0.1, 0.15) is 22.5 Å². The number of hydrogen-bond acceptors (Lipinski definition) is 5. The Morgan fingerprint density at radius 3 is 2.89 bits per heavy atom. The molecule has 0 atom stereocenters. The van der Waals surface area contributed by atoms with Crippen LogP contribution < -0.4 is 10.2 Å². The minimum atomic E-state index is -0.188. The number of carbonyl (C=O) groups excluding carboxylic acids is 1. The maximum absolute atomic E-state index is 12.4. The lowest BCUT2D eigenvalue weighted by molar-refractivity contribution is 0.0947. The third-order valence-corrected chi connectivity index (χ3v) is 4.99. The number of hydrogen-bond donors (Lipinski definition) is 2. The number of H-pyrrole nitrogens is 1. The van der Waals surface area contributed by atoms with Gasteiger partial charge < -0.3 is 15.1 Å². The number of anilines is 1. The smallest absolute Gasteiger partial charge is 0.272 e. The van der Waals surface area contributed by atoms with Gasteiger partial charge in [0.2, 0.25) is 0 Å². The number of benzene rings is 1. The molecule has 0 radical (unpaired) electrons. The molecule has 3 aromatic rings. The van der Waals surface area contributed by atoms with Crippen molar-refractivity contribution < 1.29 is 4.79 Å². The van der Waals surface area contributed by atoms with Gasteiger partial charge >= 0.3 is 0 Å². The fourth-order valence-corrected chi connectivity index (χ4v) is 3.39. The molecule has 3 heterocycles. The Morgan fingerprint density at radius 1 is 1.15 bits per heavy atom. The van der Waals surface area contributed by atoms with Gasteiger partial charge in [0.25, 0.3) is 5.91 Å². The molecule has 27 heavy (non-hydrogen) atoms. The van der Waals surface area contributed by atoms with Gasteiger partial charge in [-0.15, -0.1) is 0 Å². The fourth-order valence-electron chi connectivity index (χ4n) is 3.39. The molecule has 0 unspecified atom stereocenters. The van der Waals surface area contributed by atoms with E-state index in [0.29, 0.717) is 12.2 Å². The standard InChI is InChI=1S/C20H24N6O/c1-25-9-4-10-26(12-11-25)18-8-7-15(13-21-18)14-22-20(27)19-16-5-2-3-6-17(16)23-24-19/h2-3,5-8,13H,4,9-12,14H2,1H3,(H,22,27)(H,23,24). The van der Waals surface area contributed by atoms with Crippen molar-refractivity contribution >= 4 is 22.6 Å². The van der Waals surface area contributed by atoms with E-state index in [1.807, 2.05) is 42.6 Å². The third-order valence-electron chi connectivity index (χ3n) is 4.99. The second-order valence-corrected chi connectivity index (χ2v) is 6.97. The summed E-state index contributed by atoms with van der Waals surface area (Å²) in [6.07, 6.45) is 2.99. The molecular formula is C20H24N6O. The van der Waals surface area contributed by atoms with Crippen LogP contribution in [0.3, 0.4) is 0 Å². The molecule has 1 aliphatic heterocycles. The van der Waals surface area contributed by atoms with E-state index in [1.165, 1.54) is 0 Å². The maximum atomic E-state index is 12.4. The average molecular weight is 364 g/mol. The predicted octanol–water partition coefficient (Wildman–Crippen LogP) is 2.03. The lowest BCUT2D eigenvalue weighted by Gasteiger charge is -2.21. The van der Waals surface area contributed by atoms with Crippen molar-refractivity contribution in [3.8, 4) is 0 Å². The Hall–Kier alpha value is -2.93. The summed E-state index contributed by atoms with van der Waals surface area (Å²) < 4.78 is 0. The molecular weight excluding hydrogens is 340 g/mol. The first-order chi connectivity index (χ1) is 13.2. The number of fused-ring (bicyclic) bond motifs is 1. The topological polar surface area (TPSA) is 77.1 Å². The summed E-state index contributed by atoms with van der Waals surface area (Å²) in [5.74, 6) is 0.811. The van der Waals surface area contributed by atoms with Crippen molar-refractivity contribution in [3.05, 3.63) is 53.9 Å². The van der Waals surface area contributed by atoms with E-state index in [2.05, 4.69) is 37.3 Å². The normalized spacial score (nSPS) is 15.7. The van der Waals surface area contributed by atoms with Gasteiger partial charge in [-0.1, -0.05) is 24.3 Å². The minimum absolute atomic E-state index is 0.188. The molecule has 1 aliphatic rings. The van der Waals surface area contributed by atoms with Gasteiger partial charge in [0.05, 0.1) is 5.52 Å². The van der Waals surface area contributed by atoms with Crippen LogP contribution in [0.5, 0.6) is 0 Å². The molecule has 1 fully saturated rings. The van der Waals surface area contributed by atoms with E-state index in [4.69, 9.17) is 0 Å². The molecule has 0 saturated carbocycles. The lowest BCUT2D eigenvalue weighted by Crippen LogP contribution is -2.29. The Labute approximate surface area is 158 Å². The first-order valence-corrected chi connectivity index (χ1v) is 9.30. The number of carbonyl (C=O) groups is 1. The Morgan fingerprint density at radius 2 is 2.04 bits per heavy atom. The number of nitrogens with one attached hydrogen (secondary N) is 2. The first kappa shape index (κ1) is 17.5. The van der Waals surface area contributed by atoms with Crippen molar-refractivity contribution in [2.75, 3.05) is 38.1 Å². The number of aromatic nitrogens is 3. The zero-order valence-corrected chi connectivity index (χ0v) is 15.5. The van der Waals surface area contributed by atoms with Crippen LogP contribution in [-0.2, 0) is 6.54 Å². The van der Waals surface area contributed by atoms with E-state index in [1.54, 1.807) is 0 Å². The summed E-state index contributed by atoms with van der Waals surface area (Å²) in [7, 11) is 2.16. The highest BCUT2D eigenvalue weighted by atomic mass is 16.1. The molecule has 1 saturated heterocycles. The van der Waals surface area contributed by atoms with Crippen molar-refractivity contribution in [2.24, 2.45) is 0 Å². The number of aromatic amines is 1. The van der Waals surface area contributed by atoms with E-state index in [0.717, 1.165) is 54.9 Å². The molecule has 2 N–H and O–H groups in total. The third kappa shape index (κ3) is 3.93. The molecule has 1 aromatic carbocycles. The Kier molecular flexibility index (Phi) is 5.02. The molecule has 140 valence electrons. The molecule has 0 spiro atoms. The van der Waals surface area contributed by atoms with Crippen molar-refractivity contribution in [1.82, 2.24) is 25.4 Å². The first-order valence-electron chi connectivity index (χ1n) is 9.30. The van der Waals surface area contributed by atoms with E-state index in [-0.39, 0.29) is 5.91 Å². The van der Waals surface area contributed by atoms with Crippen LogP contribution in [0.25, 0.3) is 10.9 Å². The molecule has 7 nitrogen and oxygen atoms in total. The van der Waals surface area contributed by atoms with Gasteiger partial charge in [-0.25, -0.2) is 4.98 Å². The number of likely N-dealkylation sites (N-methyl/N-ethyl adjacent to an activating group) is 1. The summed E-state index contributed by atoms with van der Waals surface area (Å²) in [6, 6.07) is 11.7. The highest BCUT2D eigenvalue weighted by Gasteiger charge is 2.15. The number of pyridine rings is 1. The summed E-state index contributed by atoms with van der Waals surface area (Å²) >= 11 is 0. The molecule has 7 heteroatoms. The van der Waals surface area contributed by atoms with Crippen LogP contribution in [-0.4, -0.2) is 59.2 Å². The predicted molar refractivity (Wildman–Crippen MR) is 106 cm³/mol. The summed E-state index contributed by atoms with van der Waals surface area (Å²) in [5, 5.41) is 10.8. The molecule has 2 aromatic heterocycles. The van der Waals surface area contributed by atoms with Crippen LogP contribution in [0.15, 0.2) is 42.6 Å². The Bertz CT molecular complexity index is 920. The van der Waals surface area contributed by atoms with Crippen molar-refractivity contribution in [3.63, 3.8) is 0 Å². The second-order valence-electron chi connectivity index (χ2n) is 6.97. The van der Waals surface area contributed by atoms with Crippen molar-refractivity contribution in [1.29, 1.82) is 0 Å². The number of amides is 1. The van der Waals surface area contributed by atoms with Crippen LogP contribution >= 0.6 is 0 Å². The average Bonchev–Trinajstić information content (AvgIpc) is 3.01. The molecule has 0 aliphatic carbocycles. The largest absolute Gasteiger partial charge is 0.355 e.